The van der Waals surface area contributed by atoms with Crippen LogP contribution in [0.5, 0.6) is 0 Å². The third-order valence-corrected chi connectivity index (χ3v) is 5.47. The zero-order valence-electron chi connectivity index (χ0n) is 14.4. The van der Waals surface area contributed by atoms with Gasteiger partial charge in [0.05, 0.1) is 17.3 Å². The Morgan fingerprint density at radius 1 is 1.46 bits per heavy atom. The van der Waals surface area contributed by atoms with Gasteiger partial charge in [-0.15, -0.1) is 0 Å². The zero-order chi connectivity index (χ0) is 18.1. The normalized spacial score (nSPS) is 17.1. The van der Waals surface area contributed by atoms with Crippen molar-refractivity contribution in [1.82, 2.24) is 14.8 Å². The van der Waals surface area contributed by atoms with Crippen molar-refractivity contribution < 1.29 is 13.9 Å². The minimum Gasteiger partial charge on any atom is -0.376 e. The predicted octanol–water partition coefficient (Wildman–Crippen LogP) is 3.48. The maximum Gasteiger partial charge on any atom is 0.280 e. The Bertz CT molecular complexity index is 932. The number of anilines is 1. The van der Waals surface area contributed by atoms with Crippen molar-refractivity contribution in [3.05, 3.63) is 42.0 Å². The SMILES string of the molecule is CCn1ccc(C(=O)N(CC2CCCO2)c2nc3c(F)cccc3s2)n1. The van der Waals surface area contributed by atoms with Crippen molar-refractivity contribution in [1.29, 1.82) is 0 Å². The van der Waals surface area contributed by atoms with E-state index in [4.69, 9.17) is 4.74 Å². The number of hydrogen-bond donors (Lipinski definition) is 0. The molecule has 1 unspecified atom stereocenters. The van der Waals surface area contributed by atoms with Crippen molar-refractivity contribution in [2.24, 2.45) is 0 Å². The molecule has 0 saturated carbocycles. The number of thiazole rings is 1. The highest BCUT2D eigenvalue weighted by Gasteiger charge is 2.28. The topological polar surface area (TPSA) is 60.2 Å². The number of aromatic nitrogens is 3. The molecule has 26 heavy (non-hydrogen) atoms. The Balaban J connectivity index is 1.71. The molecule has 0 aliphatic carbocycles. The van der Waals surface area contributed by atoms with Crippen LogP contribution < -0.4 is 4.90 Å². The van der Waals surface area contributed by atoms with E-state index in [1.807, 2.05) is 6.92 Å². The minimum atomic E-state index is -0.384. The van der Waals surface area contributed by atoms with Crippen LogP contribution in [0.1, 0.15) is 30.3 Å². The number of ether oxygens (including phenoxy) is 1. The molecule has 0 spiro atoms. The van der Waals surface area contributed by atoms with E-state index in [0.29, 0.717) is 35.2 Å². The summed E-state index contributed by atoms with van der Waals surface area (Å²) in [5, 5.41) is 4.78. The lowest BCUT2D eigenvalue weighted by atomic mass is 10.2. The largest absolute Gasteiger partial charge is 0.376 e. The second-order valence-electron chi connectivity index (χ2n) is 6.19. The van der Waals surface area contributed by atoms with Crippen molar-refractivity contribution in [2.45, 2.75) is 32.4 Å². The number of rotatable bonds is 5. The van der Waals surface area contributed by atoms with Gasteiger partial charge in [0.15, 0.2) is 10.8 Å². The molecule has 8 heteroatoms. The standard InChI is InChI=1S/C18H19FN4O2S/c1-2-22-9-8-14(21-22)17(24)23(11-12-5-4-10-25-12)18-20-16-13(19)6-3-7-15(16)26-18/h3,6-9,12H,2,4-5,10-11H2,1H3. The first-order valence-corrected chi connectivity index (χ1v) is 9.49. The maximum atomic E-state index is 14.0. The third kappa shape index (κ3) is 3.22. The van der Waals surface area contributed by atoms with E-state index < -0.39 is 0 Å². The van der Waals surface area contributed by atoms with Gasteiger partial charge in [0.2, 0.25) is 0 Å². The highest BCUT2D eigenvalue weighted by Crippen LogP contribution is 2.31. The Hall–Kier alpha value is -2.32. The molecule has 0 radical (unpaired) electrons. The first-order valence-electron chi connectivity index (χ1n) is 8.67. The maximum absolute atomic E-state index is 14.0. The number of nitrogens with zero attached hydrogens (tertiary/aromatic N) is 4. The summed E-state index contributed by atoms with van der Waals surface area (Å²) in [6.45, 7) is 3.73. The molecule has 0 N–H and O–H groups in total. The molecule has 1 aliphatic heterocycles. The molecule has 1 saturated heterocycles. The number of hydrogen-bond acceptors (Lipinski definition) is 5. The van der Waals surface area contributed by atoms with Gasteiger partial charge in [0.1, 0.15) is 11.3 Å². The van der Waals surface area contributed by atoms with Gasteiger partial charge in [-0.2, -0.15) is 5.10 Å². The van der Waals surface area contributed by atoms with Gasteiger partial charge in [-0.25, -0.2) is 9.37 Å². The number of halogens is 1. The molecule has 2 aromatic heterocycles. The monoisotopic (exact) mass is 374 g/mol. The van der Waals surface area contributed by atoms with Gasteiger partial charge in [-0.1, -0.05) is 17.4 Å². The molecular weight excluding hydrogens is 355 g/mol. The average Bonchev–Trinajstić information content (AvgIpc) is 3.38. The summed E-state index contributed by atoms with van der Waals surface area (Å²) in [7, 11) is 0. The molecule has 1 atom stereocenters. The zero-order valence-corrected chi connectivity index (χ0v) is 15.2. The van der Waals surface area contributed by atoms with E-state index in [1.165, 1.54) is 17.4 Å². The average molecular weight is 374 g/mol. The van der Waals surface area contributed by atoms with E-state index >= 15 is 0 Å². The second kappa shape index (κ2) is 7.13. The fraction of sp³-hybridized carbons (Fsp3) is 0.389. The highest BCUT2D eigenvalue weighted by atomic mass is 32.1. The van der Waals surface area contributed by atoms with Crippen molar-refractivity contribution in [3.63, 3.8) is 0 Å². The Morgan fingerprint density at radius 3 is 3.04 bits per heavy atom. The quantitative estimate of drug-likeness (QED) is 0.686. The number of carbonyl (C=O) groups excluding carboxylic acids is 1. The number of carbonyl (C=O) groups is 1. The van der Waals surface area contributed by atoms with Gasteiger partial charge < -0.3 is 4.74 Å². The lowest BCUT2D eigenvalue weighted by Gasteiger charge is -2.22. The second-order valence-corrected chi connectivity index (χ2v) is 7.20. The minimum absolute atomic E-state index is 0.0379. The Labute approximate surface area is 154 Å². The Morgan fingerprint density at radius 2 is 2.35 bits per heavy atom. The molecule has 4 rings (SSSR count). The van der Waals surface area contributed by atoms with Crippen LogP contribution in [-0.4, -0.2) is 39.9 Å². The van der Waals surface area contributed by atoms with Crippen LogP contribution in [0, 0.1) is 5.82 Å². The molecule has 136 valence electrons. The number of aryl methyl sites for hydroxylation is 1. The van der Waals surface area contributed by atoms with Gasteiger partial charge in [-0.05, 0) is 38.0 Å². The van der Waals surface area contributed by atoms with Gasteiger partial charge in [0.25, 0.3) is 5.91 Å². The fourth-order valence-corrected chi connectivity index (χ4v) is 4.04. The van der Waals surface area contributed by atoms with Crippen molar-refractivity contribution in [2.75, 3.05) is 18.1 Å². The van der Waals surface area contributed by atoms with Crippen LogP contribution in [0.2, 0.25) is 0 Å². The van der Waals surface area contributed by atoms with E-state index in [-0.39, 0.29) is 23.3 Å². The van der Waals surface area contributed by atoms with E-state index in [9.17, 15) is 9.18 Å². The van der Waals surface area contributed by atoms with Gasteiger partial charge in [0, 0.05) is 19.3 Å². The van der Waals surface area contributed by atoms with E-state index in [2.05, 4.69) is 10.1 Å². The van der Waals surface area contributed by atoms with Crippen molar-refractivity contribution >= 4 is 32.6 Å². The third-order valence-electron chi connectivity index (χ3n) is 4.43. The molecule has 3 aromatic rings. The molecule has 0 bridgehead atoms. The Kier molecular flexibility index (Phi) is 4.69. The van der Waals surface area contributed by atoms with Crippen LogP contribution >= 0.6 is 11.3 Å². The van der Waals surface area contributed by atoms with Crippen LogP contribution in [0.3, 0.4) is 0 Å². The lowest BCUT2D eigenvalue weighted by molar-refractivity contribution is 0.0912. The van der Waals surface area contributed by atoms with E-state index in [1.54, 1.807) is 34.0 Å². The highest BCUT2D eigenvalue weighted by molar-refractivity contribution is 7.22. The number of amides is 1. The van der Waals surface area contributed by atoms with Crippen LogP contribution in [0.15, 0.2) is 30.5 Å². The van der Waals surface area contributed by atoms with Crippen molar-refractivity contribution in [3.8, 4) is 0 Å². The summed E-state index contributed by atoms with van der Waals surface area (Å²) >= 11 is 1.30. The van der Waals surface area contributed by atoms with Crippen LogP contribution in [-0.2, 0) is 11.3 Å². The fourth-order valence-electron chi connectivity index (χ4n) is 3.05. The van der Waals surface area contributed by atoms with Gasteiger partial charge >= 0.3 is 0 Å². The number of para-hydroxylation sites is 1. The van der Waals surface area contributed by atoms with Crippen LogP contribution in [0.4, 0.5) is 9.52 Å². The first kappa shape index (κ1) is 17.1. The van der Waals surface area contributed by atoms with E-state index in [0.717, 1.165) is 12.8 Å². The first-order chi connectivity index (χ1) is 12.7. The molecule has 1 aliphatic rings. The molecule has 1 amide bonds. The summed E-state index contributed by atoms with van der Waals surface area (Å²) in [4.78, 5) is 19.1. The molecule has 1 fully saturated rings. The van der Waals surface area contributed by atoms with Crippen LogP contribution in [0.25, 0.3) is 10.2 Å². The summed E-state index contributed by atoms with van der Waals surface area (Å²) in [6.07, 6.45) is 3.61. The summed E-state index contributed by atoms with van der Waals surface area (Å²) in [5.41, 5.74) is 0.640. The summed E-state index contributed by atoms with van der Waals surface area (Å²) < 4.78 is 22.2. The summed E-state index contributed by atoms with van der Waals surface area (Å²) in [5.74, 6) is -0.628. The molecule has 3 heterocycles. The number of fused-ring (bicyclic) bond motifs is 1. The molecule has 1 aromatic carbocycles. The smallest absolute Gasteiger partial charge is 0.280 e. The predicted molar refractivity (Wildman–Crippen MR) is 98.1 cm³/mol. The molecule has 6 nitrogen and oxygen atoms in total. The van der Waals surface area contributed by atoms with Gasteiger partial charge in [-0.3, -0.25) is 14.4 Å². The molecular formula is C18H19FN4O2S. The lowest BCUT2D eigenvalue weighted by Crippen LogP contribution is -2.37. The number of benzene rings is 1. The summed E-state index contributed by atoms with van der Waals surface area (Å²) in [6, 6.07) is 6.53.